The molecular weight excluding hydrogens is 362 g/mol. The number of carbonyl (C=O) groups is 1. The number of nitrogens with zero attached hydrogens (tertiary/aromatic N) is 2. The lowest BCUT2D eigenvalue weighted by Gasteiger charge is -2.12. The van der Waals surface area contributed by atoms with Crippen molar-refractivity contribution in [1.82, 2.24) is 9.97 Å². The van der Waals surface area contributed by atoms with Gasteiger partial charge < -0.3 is 15.2 Å². The Labute approximate surface area is 143 Å². The molecule has 0 amide bonds. The first-order chi connectivity index (χ1) is 11.0. The van der Waals surface area contributed by atoms with E-state index in [1.807, 2.05) is 38.1 Å². The molecule has 122 valence electrons. The van der Waals surface area contributed by atoms with E-state index in [0.29, 0.717) is 24.8 Å². The molecule has 1 aromatic heterocycles. The van der Waals surface area contributed by atoms with E-state index in [1.54, 1.807) is 0 Å². The van der Waals surface area contributed by atoms with E-state index in [1.165, 1.54) is 0 Å². The molecular formula is C16H18BrN3O3. The van der Waals surface area contributed by atoms with E-state index in [0.717, 1.165) is 21.3 Å². The molecule has 23 heavy (non-hydrogen) atoms. The van der Waals surface area contributed by atoms with Crippen molar-refractivity contribution in [2.45, 2.75) is 26.8 Å². The molecule has 0 radical (unpaired) electrons. The lowest BCUT2D eigenvalue weighted by Crippen LogP contribution is -2.14. The molecule has 0 aliphatic carbocycles. The zero-order valence-electron chi connectivity index (χ0n) is 13.0. The lowest BCUT2D eigenvalue weighted by molar-refractivity contribution is -0.139. The van der Waals surface area contributed by atoms with Gasteiger partial charge in [-0.1, -0.05) is 35.0 Å². The fourth-order valence-electron chi connectivity index (χ4n) is 2.02. The van der Waals surface area contributed by atoms with Crippen LogP contribution < -0.4 is 10.1 Å². The Hall–Kier alpha value is -2.15. The monoisotopic (exact) mass is 379 g/mol. The smallest absolute Gasteiger partial charge is 0.341 e. The van der Waals surface area contributed by atoms with Gasteiger partial charge in [0, 0.05) is 16.6 Å². The molecule has 0 spiro atoms. The standard InChI is InChI=1S/C16H18BrN3O3/c1-3-13-10(2)15(23-9-14(21)22)20-16(19-13)18-8-11-4-6-12(17)7-5-11/h4-7H,3,8-9H2,1-2H3,(H,21,22)(H,18,19,20). The maximum atomic E-state index is 10.7. The van der Waals surface area contributed by atoms with E-state index in [2.05, 4.69) is 31.2 Å². The van der Waals surface area contributed by atoms with Crippen molar-refractivity contribution in [3.63, 3.8) is 0 Å². The molecule has 2 N–H and O–H groups in total. The molecule has 1 aromatic carbocycles. The van der Waals surface area contributed by atoms with Crippen LogP contribution in [0.25, 0.3) is 0 Å². The van der Waals surface area contributed by atoms with Crippen LogP contribution in [0.5, 0.6) is 5.88 Å². The first kappa shape index (κ1) is 17.2. The quantitative estimate of drug-likeness (QED) is 0.768. The Kier molecular flexibility index (Phi) is 5.92. The summed E-state index contributed by atoms with van der Waals surface area (Å²) in [6, 6.07) is 7.92. The molecule has 0 bridgehead atoms. The van der Waals surface area contributed by atoms with Crippen molar-refractivity contribution in [2.75, 3.05) is 11.9 Å². The highest BCUT2D eigenvalue weighted by Crippen LogP contribution is 2.21. The lowest BCUT2D eigenvalue weighted by atomic mass is 10.2. The average molecular weight is 380 g/mol. The Balaban J connectivity index is 2.15. The van der Waals surface area contributed by atoms with Crippen molar-refractivity contribution >= 4 is 27.8 Å². The highest BCUT2D eigenvalue weighted by molar-refractivity contribution is 9.10. The van der Waals surface area contributed by atoms with Crippen LogP contribution >= 0.6 is 15.9 Å². The normalized spacial score (nSPS) is 10.4. The summed E-state index contributed by atoms with van der Waals surface area (Å²) in [5, 5.41) is 11.9. The highest BCUT2D eigenvalue weighted by atomic mass is 79.9. The first-order valence-corrected chi connectivity index (χ1v) is 7.99. The number of hydrogen-bond acceptors (Lipinski definition) is 5. The van der Waals surface area contributed by atoms with Crippen molar-refractivity contribution in [1.29, 1.82) is 0 Å². The van der Waals surface area contributed by atoms with Gasteiger partial charge in [-0.15, -0.1) is 0 Å². The van der Waals surface area contributed by atoms with Gasteiger partial charge in [0.15, 0.2) is 6.61 Å². The summed E-state index contributed by atoms with van der Waals surface area (Å²) in [6.07, 6.45) is 0.713. The number of aliphatic carboxylic acids is 1. The fraction of sp³-hybridized carbons (Fsp3) is 0.312. The molecule has 2 rings (SSSR count). The zero-order valence-corrected chi connectivity index (χ0v) is 14.6. The molecule has 0 aliphatic rings. The molecule has 7 heteroatoms. The molecule has 6 nitrogen and oxygen atoms in total. The third-order valence-electron chi connectivity index (χ3n) is 3.23. The van der Waals surface area contributed by atoms with Crippen LogP contribution in [0.3, 0.4) is 0 Å². The summed E-state index contributed by atoms with van der Waals surface area (Å²) in [7, 11) is 0. The minimum atomic E-state index is -1.04. The minimum absolute atomic E-state index is 0.303. The topological polar surface area (TPSA) is 84.3 Å². The van der Waals surface area contributed by atoms with Gasteiger partial charge in [-0.25, -0.2) is 9.78 Å². The summed E-state index contributed by atoms with van der Waals surface area (Å²) in [4.78, 5) is 19.4. The van der Waals surface area contributed by atoms with Gasteiger partial charge >= 0.3 is 5.97 Å². The van der Waals surface area contributed by atoms with Crippen molar-refractivity contribution < 1.29 is 14.6 Å². The summed E-state index contributed by atoms with van der Waals surface area (Å²) in [5.41, 5.74) is 2.69. The van der Waals surface area contributed by atoms with E-state index < -0.39 is 12.6 Å². The number of anilines is 1. The molecule has 0 atom stereocenters. The Morgan fingerprint density at radius 2 is 2.00 bits per heavy atom. The van der Waals surface area contributed by atoms with Crippen LogP contribution in [0.2, 0.25) is 0 Å². The van der Waals surface area contributed by atoms with Crippen molar-refractivity contribution in [3.8, 4) is 5.88 Å². The highest BCUT2D eigenvalue weighted by Gasteiger charge is 2.12. The molecule has 0 aliphatic heterocycles. The van der Waals surface area contributed by atoms with E-state index in [9.17, 15) is 4.79 Å². The minimum Gasteiger partial charge on any atom is -0.479 e. The number of halogens is 1. The van der Waals surface area contributed by atoms with Crippen LogP contribution in [0, 0.1) is 6.92 Å². The van der Waals surface area contributed by atoms with Gasteiger partial charge in [-0.05, 0) is 31.0 Å². The van der Waals surface area contributed by atoms with E-state index in [-0.39, 0.29) is 0 Å². The number of nitrogens with one attached hydrogen (secondary N) is 1. The number of carboxylic acids is 1. The summed E-state index contributed by atoms with van der Waals surface area (Å²) in [6.45, 7) is 3.95. The largest absolute Gasteiger partial charge is 0.479 e. The average Bonchev–Trinajstić information content (AvgIpc) is 2.54. The van der Waals surface area contributed by atoms with Crippen LogP contribution in [-0.2, 0) is 17.8 Å². The summed E-state index contributed by atoms with van der Waals surface area (Å²) < 4.78 is 6.27. The Bertz CT molecular complexity index is 690. The van der Waals surface area contributed by atoms with Crippen LogP contribution in [0.1, 0.15) is 23.7 Å². The molecule has 1 heterocycles. The van der Waals surface area contributed by atoms with Gasteiger partial charge in [0.2, 0.25) is 11.8 Å². The molecule has 0 unspecified atom stereocenters. The zero-order chi connectivity index (χ0) is 16.8. The second-order valence-corrected chi connectivity index (χ2v) is 5.86. The van der Waals surface area contributed by atoms with Crippen LogP contribution in [0.4, 0.5) is 5.95 Å². The molecule has 0 saturated heterocycles. The van der Waals surface area contributed by atoms with Crippen LogP contribution in [-0.4, -0.2) is 27.7 Å². The number of benzene rings is 1. The van der Waals surface area contributed by atoms with Crippen LogP contribution in [0.15, 0.2) is 28.7 Å². The van der Waals surface area contributed by atoms with E-state index in [4.69, 9.17) is 9.84 Å². The van der Waals surface area contributed by atoms with Gasteiger partial charge in [0.05, 0.1) is 5.69 Å². The van der Waals surface area contributed by atoms with Gasteiger partial charge in [-0.2, -0.15) is 4.98 Å². The number of rotatable bonds is 7. The summed E-state index contributed by atoms with van der Waals surface area (Å²) >= 11 is 3.40. The maximum absolute atomic E-state index is 10.7. The second-order valence-electron chi connectivity index (χ2n) is 4.94. The van der Waals surface area contributed by atoms with Gasteiger partial charge in [-0.3, -0.25) is 0 Å². The number of carboxylic acid groups (broad SMARTS) is 1. The molecule has 0 saturated carbocycles. The Morgan fingerprint density at radius 1 is 1.30 bits per heavy atom. The van der Waals surface area contributed by atoms with Crippen molar-refractivity contribution in [3.05, 3.63) is 45.6 Å². The number of aryl methyl sites for hydroxylation is 1. The first-order valence-electron chi connectivity index (χ1n) is 7.20. The Morgan fingerprint density at radius 3 is 2.61 bits per heavy atom. The number of aromatic nitrogens is 2. The maximum Gasteiger partial charge on any atom is 0.341 e. The van der Waals surface area contributed by atoms with Gasteiger partial charge in [0.1, 0.15) is 0 Å². The fourth-order valence-corrected chi connectivity index (χ4v) is 2.28. The third-order valence-corrected chi connectivity index (χ3v) is 3.76. The van der Waals surface area contributed by atoms with Gasteiger partial charge in [0.25, 0.3) is 0 Å². The summed E-state index contributed by atoms with van der Waals surface area (Å²) in [5.74, 6) is -0.307. The van der Waals surface area contributed by atoms with E-state index >= 15 is 0 Å². The third kappa shape index (κ3) is 4.92. The SMILES string of the molecule is CCc1nc(NCc2ccc(Br)cc2)nc(OCC(=O)O)c1C. The number of hydrogen-bond donors (Lipinski definition) is 2. The molecule has 2 aromatic rings. The van der Waals surface area contributed by atoms with Crippen molar-refractivity contribution in [2.24, 2.45) is 0 Å². The second kappa shape index (κ2) is 7.92. The molecule has 0 fully saturated rings. The predicted molar refractivity (Wildman–Crippen MR) is 90.7 cm³/mol. The predicted octanol–water partition coefficient (Wildman–Crippen LogP) is 3.19. The number of ether oxygens (including phenoxy) is 1.